The molecule has 48 heavy (non-hydrogen) atoms. The number of benzene rings is 5. The normalized spacial score (nSPS) is 14.1. The number of hydrogen-bond donors (Lipinski definition) is 1. The van der Waals surface area contributed by atoms with E-state index < -0.39 is 12.1 Å². The first-order valence-corrected chi connectivity index (χ1v) is 16.7. The molecule has 0 aliphatic heterocycles. The molecule has 5 nitrogen and oxygen atoms in total. The van der Waals surface area contributed by atoms with Gasteiger partial charge in [-0.3, -0.25) is 0 Å². The predicted octanol–water partition coefficient (Wildman–Crippen LogP) is 8.76. The van der Waals surface area contributed by atoms with Crippen LogP contribution in [0.2, 0.25) is 0 Å². The second-order valence-corrected chi connectivity index (χ2v) is 12.1. The third-order valence-corrected chi connectivity index (χ3v) is 8.73. The van der Waals surface area contributed by atoms with E-state index in [9.17, 15) is 9.90 Å². The molecule has 244 valence electrons. The van der Waals surface area contributed by atoms with Crippen LogP contribution in [0, 0.1) is 0 Å². The van der Waals surface area contributed by atoms with Crippen LogP contribution in [0.1, 0.15) is 63.1 Å². The lowest BCUT2D eigenvalue weighted by atomic mass is 9.92. The molecule has 0 saturated heterocycles. The summed E-state index contributed by atoms with van der Waals surface area (Å²) in [5.74, 6) is -0.246. The fraction of sp³-hybridized carbons (Fsp3) is 0.233. The zero-order chi connectivity index (χ0) is 33.1. The maximum absolute atomic E-state index is 11.5. The topological polar surface area (TPSA) is 65.0 Å². The molecular weight excluding hydrogens is 596 g/mol. The zero-order valence-electron chi connectivity index (χ0n) is 27.4. The van der Waals surface area contributed by atoms with Crippen molar-refractivity contribution in [3.8, 4) is 5.75 Å². The van der Waals surface area contributed by atoms with Gasteiger partial charge in [-0.25, -0.2) is 4.79 Å². The first-order chi connectivity index (χ1) is 23.6. The second kappa shape index (κ2) is 16.2. The van der Waals surface area contributed by atoms with E-state index in [1.807, 2.05) is 24.3 Å². The van der Waals surface area contributed by atoms with E-state index in [-0.39, 0.29) is 6.10 Å². The van der Waals surface area contributed by atoms with E-state index >= 15 is 0 Å². The van der Waals surface area contributed by atoms with Crippen LogP contribution in [0.3, 0.4) is 0 Å². The number of fused-ring (bicyclic) bond motifs is 2. The van der Waals surface area contributed by atoms with Gasteiger partial charge in [0.25, 0.3) is 0 Å². The SMILES string of the molecule is CCOC(Cc1ccc(OCCOC2c3ccc(Cc4ccccc4)cc3C=Cc3ccc(CCc4ccccc4)cc32)cc1)C(=O)O. The minimum Gasteiger partial charge on any atom is -0.491 e. The Balaban J connectivity index is 1.18. The molecule has 1 aliphatic carbocycles. The molecule has 0 fully saturated rings. The lowest BCUT2D eigenvalue weighted by molar-refractivity contribution is -0.149. The van der Waals surface area contributed by atoms with Crippen molar-refractivity contribution in [1.29, 1.82) is 0 Å². The number of rotatable bonds is 15. The van der Waals surface area contributed by atoms with Gasteiger partial charge in [0.05, 0.1) is 6.61 Å². The van der Waals surface area contributed by atoms with Crippen LogP contribution in [0.4, 0.5) is 0 Å². The molecule has 6 rings (SSSR count). The quantitative estimate of drug-likeness (QED) is 0.116. The van der Waals surface area contributed by atoms with Crippen molar-refractivity contribution < 1.29 is 24.1 Å². The smallest absolute Gasteiger partial charge is 0.333 e. The Morgan fingerprint density at radius 2 is 1.33 bits per heavy atom. The summed E-state index contributed by atoms with van der Waals surface area (Å²) in [5.41, 5.74) is 10.7. The van der Waals surface area contributed by atoms with Gasteiger partial charge in [0.15, 0.2) is 6.10 Å². The van der Waals surface area contributed by atoms with Gasteiger partial charge >= 0.3 is 5.97 Å². The van der Waals surface area contributed by atoms with Gasteiger partial charge in [-0.05, 0) is 88.4 Å². The average molecular weight is 639 g/mol. The Kier molecular flexibility index (Phi) is 11.1. The third-order valence-electron chi connectivity index (χ3n) is 8.73. The van der Waals surface area contributed by atoms with E-state index in [2.05, 4.69) is 109 Å². The molecule has 2 unspecified atom stereocenters. The van der Waals surface area contributed by atoms with Crippen molar-refractivity contribution in [3.63, 3.8) is 0 Å². The molecule has 5 aromatic carbocycles. The molecule has 0 spiro atoms. The van der Waals surface area contributed by atoms with E-state index in [0.29, 0.717) is 32.0 Å². The van der Waals surface area contributed by atoms with Gasteiger partial charge < -0.3 is 19.3 Å². The van der Waals surface area contributed by atoms with Crippen molar-refractivity contribution in [3.05, 3.63) is 171 Å². The Morgan fingerprint density at radius 3 is 2.06 bits per heavy atom. The minimum atomic E-state index is -0.957. The Hall–Kier alpha value is -4.97. The number of aryl methyl sites for hydroxylation is 2. The molecule has 5 aromatic rings. The Labute approximate surface area is 283 Å². The van der Waals surface area contributed by atoms with Crippen molar-refractivity contribution >= 4 is 18.1 Å². The van der Waals surface area contributed by atoms with Gasteiger partial charge in [0.1, 0.15) is 18.5 Å². The molecule has 0 aromatic heterocycles. The summed E-state index contributed by atoms with van der Waals surface area (Å²) in [7, 11) is 0. The van der Waals surface area contributed by atoms with Crippen LogP contribution in [-0.4, -0.2) is 37.0 Å². The molecule has 5 heteroatoms. The highest BCUT2D eigenvalue weighted by molar-refractivity contribution is 5.77. The molecule has 0 heterocycles. The van der Waals surface area contributed by atoms with Crippen LogP contribution in [0.25, 0.3) is 12.2 Å². The monoisotopic (exact) mass is 638 g/mol. The highest BCUT2D eigenvalue weighted by Gasteiger charge is 2.23. The zero-order valence-corrected chi connectivity index (χ0v) is 27.4. The van der Waals surface area contributed by atoms with Gasteiger partial charge in [-0.15, -0.1) is 0 Å². The maximum Gasteiger partial charge on any atom is 0.333 e. The minimum absolute atomic E-state index is 0.245. The first kappa shape index (κ1) is 33.0. The molecule has 0 saturated carbocycles. The van der Waals surface area contributed by atoms with Gasteiger partial charge in [0.2, 0.25) is 0 Å². The third kappa shape index (κ3) is 8.68. The molecular formula is C43H42O5. The fourth-order valence-electron chi connectivity index (χ4n) is 6.25. The Morgan fingerprint density at radius 1 is 0.667 bits per heavy atom. The average Bonchev–Trinajstić information content (AvgIpc) is 3.26. The van der Waals surface area contributed by atoms with Crippen LogP contribution < -0.4 is 4.74 Å². The highest BCUT2D eigenvalue weighted by atomic mass is 16.5. The summed E-state index contributed by atoms with van der Waals surface area (Å²) < 4.78 is 18.1. The lowest BCUT2D eigenvalue weighted by Crippen LogP contribution is -2.26. The standard InChI is InChI=1S/C43H42O5/c1-2-46-41(43(44)45)30-34-16-22-38(23-17-34)47-25-26-48-42-39-24-18-35(27-32-11-7-4-8-12-32)28-37(39)21-20-36-19-15-33(29-40(36)42)14-13-31-9-5-3-6-10-31/h3-12,15-24,28-29,41-42H,2,13-14,25-27,30H2,1H3,(H,44,45). The van der Waals surface area contributed by atoms with Crippen LogP contribution in [-0.2, 0) is 40.0 Å². The number of carbonyl (C=O) groups is 1. The predicted molar refractivity (Wildman–Crippen MR) is 191 cm³/mol. The number of ether oxygens (including phenoxy) is 3. The van der Waals surface area contributed by atoms with Gasteiger partial charge in [-0.2, -0.15) is 0 Å². The Bertz CT molecular complexity index is 1810. The van der Waals surface area contributed by atoms with Gasteiger partial charge in [-0.1, -0.05) is 121 Å². The van der Waals surface area contributed by atoms with E-state index in [4.69, 9.17) is 14.2 Å². The summed E-state index contributed by atoms with van der Waals surface area (Å²) in [6, 6.07) is 42.2. The molecule has 2 atom stereocenters. The van der Waals surface area contributed by atoms with Crippen molar-refractivity contribution in [2.24, 2.45) is 0 Å². The summed E-state index contributed by atoms with van der Waals surface area (Å²) in [4.78, 5) is 11.5. The number of hydrogen-bond acceptors (Lipinski definition) is 4. The van der Waals surface area contributed by atoms with Crippen molar-refractivity contribution in [1.82, 2.24) is 0 Å². The van der Waals surface area contributed by atoms with E-state index in [1.54, 1.807) is 6.92 Å². The molecule has 1 N–H and O–H groups in total. The van der Waals surface area contributed by atoms with Gasteiger partial charge in [0, 0.05) is 13.0 Å². The second-order valence-electron chi connectivity index (χ2n) is 12.1. The van der Waals surface area contributed by atoms with Crippen LogP contribution in [0.5, 0.6) is 5.75 Å². The summed E-state index contributed by atoms with van der Waals surface area (Å²) in [6.45, 7) is 2.93. The lowest BCUT2D eigenvalue weighted by Gasteiger charge is -2.22. The van der Waals surface area contributed by atoms with Crippen LogP contribution in [0.15, 0.2) is 121 Å². The fourth-order valence-corrected chi connectivity index (χ4v) is 6.25. The summed E-state index contributed by atoms with van der Waals surface area (Å²) >= 11 is 0. The van der Waals surface area contributed by atoms with Crippen molar-refractivity contribution in [2.45, 2.75) is 44.8 Å². The molecule has 0 radical (unpaired) electrons. The summed E-state index contributed by atoms with van der Waals surface area (Å²) in [5, 5.41) is 9.41. The molecule has 0 amide bonds. The first-order valence-electron chi connectivity index (χ1n) is 16.7. The van der Waals surface area contributed by atoms with Crippen molar-refractivity contribution in [2.75, 3.05) is 19.8 Å². The number of carboxylic acid groups (broad SMARTS) is 1. The molecule has 0 bridgehead atoms. The summed E-state index contributed by atoms with van der Waals surface area (Å²) in [6.07, 6.45) is 6.44. The number of aliphatic carboxylic acids is 1. The largest absolute Gasteiger partial charge is 0.491 e. The molecule has 1 aliphatic rings. The number of carboxylic acids is 1. The van der Waals surface area contributed by atoms with Crippen LogP contribution >= 0.6 is 0 Å². The highest BCUT2D eigenvalue weighted by Crippen LogP contribution is 2.37. The maximum atomic E-state index is 11.5. The van der Waals surface area contributed by atoms with E-state index in [1.165, 1.54) is 27.8 Å². The van der Waals surface area contributed by atoms with E-state index in [0.717, 1.165) is 41.5 Å².